The number of para-hydroxylation sites is 2. The van der Waals surface area contributed by atoms with Crippen LogP contribution in [0.2, 0.25) is 5.02 Å². The molecule has 4 aromatic carbocycles. The average Bonchev–Trinajstić information content (AvgIpc) is 2.98. The lowest BCUT2D eigenvalue weighted by Crippen LogP contribution is -2.57. The highest BCUT2D eigenvalue weighted by Gasteiger charge is 2.43. The molecule has 218 valence electrons. The van der Waals surface area contributed by atoms with Crippen LogP contribution in [0.15, 0.2) is 108 Å². The molecule has 9 nitrogen and oxygen atoms in total. The fourth-order valence-corrected chi connectivity index (χ4v) is 5.64. The standard InChI is InChI=1S/C32H25ClN2O7S/c1-3-41-28-20-22(19-27(33)29(28)42-43(39,40)25-16-14-21(2)15-17-25)18-26-30(36)34(23-10-6-4-7-11-23)32(38)35(31(26)37)24-12-8-5-9-13-24/h4-20H,3H2,1-2H3. The van der Waals surface area contributed by atoms with Gasteiger partial charge in [0.1, 0.15) is 10.5 Å². The Morgan fingerprint density at radius 1 is 0.791 bits per heavy atom. The molecule has 0 aliphatic carbocycles. The van der Waals surface area contributed by atoms with Crippen molar-refractivity contribution in [3.05, 3.63) is 119 Å². The van der Waals surface area contributed by atoms with Crippen molar-refractivity contribution in [1.82, 2.24) is 0 Å². The van der Waals surface area contributed by atoms with Crippen LogP contribution in [-0.2, 0) is 19.7 Å². The van der Waals surface area contributed by atoms with Crippen molar-refractivity contribution in [2.75, 3.05) is 16.4 Å². The zero-order valence-electron chi connectivity index (χ0n) is 23.1. The third kappa shape index (κ3) is 6.01. The number of rotatable bonds is 8. The molecule has 0 spiro atoms. The van der Waals surface area contributed by atoms with Crippen LogP contribution < -0.4 is 18.7 Å². The number of hydrogen-bond acceptors (Lipinski definition) is 7. The molecular weight excluding hydrogens is 592 g/mol. The lowest BCUT2D eigenvalue weighted by Gasteiger charge is -2.34. The monoisotopic (exact) mass is 616 g/mol. The van der Waals surface area contributed by atoms with E-state index in [1.165, 1.54) is 30.3 Å². The first-order chi connectivity index (χ1) is 20.6. The first kappa shape index (κ1) is 29.6. The SMILES string of the molecule is CCOc1cc(C=C2C(=O)N(c3ccccc3)C(=O)N(c3ccccc3)C2=O)cc(Cl)c1OS(=O)(=O)c1ccc(C)cc1. The number of nitrogens with zero attached hydrogens (tertiary/aromatic N) is 2. The first-order valence-corrected chi connectivity index (χ1v) is 14.9. The minimum absolute atomic E-state index is 0.0239. The zero-order chi connectivity index (χ0) is 30.7. The summed E-state index contributed by atoms with van der Waals surface area (Å²) < 4.78 is 37.0. The quantitative estimate of drug-likeness (QED) is 0.128. The molecule has 4 amide bonds. The second-order valence-corrected chi connectivity index (χ2v) is 11.4. The second kappa shape index (κ2) is 12.1. The van der Waals surface area contributed by atoms with Crippen LogP contribution in [-0.4, -0.2) is 32.9 Å². The third-order valence-electron chi connectivity index (χ3n) is 6.42. The summed E-state index contributed by atoms with van der Waals surface area (Å²) in [5, 5.41) is -0.139. The molecule has 1 heterocycles. The number of barbiturate groups is 1. The van der Waals surface area contributed by atoms with Gasteiger partial charge in [0.25, 0.3) is 11.8 Å². The van der Waals surface area contributed by atoms with E-state index in [1.54, 1.807) is 79.7 Å². The highest BCUT2D eigenvalue weighted by molar-refractivity contribution is 7.87. The Balaban J connectivity index is 1.59. The van der Waals surface area contributed by atoms with Crippen LogP contribution in [0.5, 0.6) is 11.5 Å². The molecule has 1 aliphatic heterocycles. The maximum Gasteiger partial charge on any atom is 0.343 e. The number of ether oxygens (including phenoxy) is 1. The third-order valence-corrected chi connectivity index (χ3v) is 7.94. The van der Waals surface area contributed by atoms with Crippen LogP contribution in [0.1, 0.15) is 18.1 Å². The number of anilines is 2. The van der Waals surface area contributed by atoms with Gasteiger partial charge >= 0.3 is 16.1 Å². The van der Waals surface area contributed by atoms with Gasteiger partial charge in [0.15, 0.2) is 5.75 Å². The topological polar surface area (TPSA) is 110 Å². The van der Waals surface area contributed by atoms with Crippen molar-refractivity contribution in [2.24, 2.45) is 0 Å². The van der Waals surface area contributed by atoms with Crippen LogP contribution >= 0.6 is 11.6 Å². The Bertz CT molecular complexity index is 1780. The van der Waals surface area contributed by atoms with Crippen molar-refractivity contribution >= 4 is 57.0 Å². The van der Waals surface area contributed by atoms with Crippen molar-refractivity contribution in [3.63, 3.8) is 0 Å². The predicted octanol–water partition coefficient (Wildman–Crippen LogP) is 6.40. The molecule has 1 aliphatic rings. The normalized spacial score (nSPS) is 13.7. The molecule has 5 rings (SSSR count). The second-order valence-electron chi connectivity index (χ2n) is 9.41. The van der Waals surface area contributed by atoms with Gasteiger partial charge < -0.3 is 8.92 Å². The number of hydrogen-bond donors (Lipinski definition) is 0. The number of carbonyl (C=O) groups is 3. The van der Waals surface area contributed by atoms with Gasteiger partial charge in [-0.25, -0.2) is 14.6 Å². The Kier molecular flexibility index (Phi) is 8.33. The number of benzene rings is 4. The van der Waals surface area contributed by atoms with E-state index < -0.39 is 28.0 Å². The molecule has 0 saturated carbocycles. The number of carbonyl (C=O) groups excluding carboxylic acids is 3. The smallest absolute Gasteiger partial charge is 0.343 e. The van der Waals surface area contributed by atoms with Crippen molar-refractivity contribution in [3.8, 4) is 11.5 Å². The molecule has 1 saturated heterocycles. The van der Waals surface area contributed by atoms with Gasteiger partial charge in [-0.3, -0.25) is 9.59 Å². The largest absolute Gasteiger partial charge is 0.490 e. The molecule has 0 aromatic heterocycles. The highest BCUT2D eigenvalue weighted by atomic mass is 35.5. The van der Waals surface area contributed by atoms with E-state index >= 15 is 0 Å². The summed E-state index contributed by atoms with van der Waals surface area (Å²) in [5.41, 5.74) is 1.33. The van der Waals surface area contributed by atoms with Gasteiger partial charge in [-0.15, -0.1) is 0 Å². The van der Waals surface area contributed by atoms with E-state index in [2.05, 4.69) is 0 Å². The van der Waals surface area contributed by atoms with Gasteiger partial charge in [0.05, 0.1) is 23.0 Å². The van der Waals surface area contributed by atoms with E-state index in [4.69, 9.17) is 20.5 Å². The summed E-state index contributed by atoms with van der Waals surface area (Å²) in [6.07, 6.45) is 1.27. The minimum atomic E-state index is -4.27. The van der Waals surface area contributed by atoms with Crippen molar-refractivity contribution in [2.45, 2.75) is 18.7 Å². The van der Waals surface area contributed by atoms with Gasteiger partial charge in [0.2, 0.25) is 5.75 Å². The van der Waals surface area contributed by atoms with Gasteiger partial charge in [-0.2, -0.15) is 8.42 Å². The number of urea groups is 1. The Hall–Kier alpha value is -4.93. The van der Waals surface area contributed by atoms with E-state index in [1.807, 2.05) is 6.92 Å². The molecule has 0 atom stereocenters. The number of halogens is 1. The molecule has 0 N–H and O–H groups in total. The lowest BCUT2D eigenvalue weighted by atomic mass is 10.0. The molecule has 0 radical (unpaired) electrons. The fourth-order valence-electron chi connectivity index (χ4n) is 4.38. The van der Waals surface area contributed by atoms with Crippen LogP contribution in [0.4, 0.5) is 16.2 Å². The van der Waals surface area contributed by atoms with Gasteiger partial charge in [-0.1, -0.05) is 65.7 Å². The summed E-state index contributed by atoms with van der Waals surface area (Å²) >= 11 is 6.51. The fraction of sp³-hybridized carbons (Fsp3) is 0.0938. The van der Waals surface area contributed by atoms with Crippen molar-refractivity contribution in [1.29, 1.82) is 0 Å². The van der Waals surface area contributed by atoms with Crippen LogP contribution in [0.3, 0.4) is 0 Å². The lowest BCUT2D eigenvalue weighted by molar-refractivity contribution is -0.121. The number of aryl methyl sites for hydroxylation is 1. The summed E-state index contributed by atoms with van der Waals surface area (Å²) in [5.74, 6) is -1.96. The predicted molar refractivity (Wildman–Crippen MR) is 163 cm³/mol. The van der Waals surface area contributed by atoms with Crippen LogP contribution in [0, 0.1) is 6.92 Å². The van der Waals surface area contributed by atoms with E-state index in [9.17, 15) is 22.8 Å². The van der Waals surface area contributed by atoms with Gasteiger partial charge in [0, 0.05) is 0 Å². The summed E-state index contributed by atoms with van der Waals surface area (Å²) in [6, 6.07) is 24.5. The van der Waals surface area contributed by atoms with Gasteiger partial charge in [-0.05, 0) is 74.0 Å². The Labute approximate surface area is 253 Å². The molecule has 4 aromatic rings. The summed E-state index contributed by atoms with van der Waals surface area (Å²) in [4.78, 5) is 42.6. The molecular formula is C32H25ClN2O7S. The molecule has 43 heavy (non-hydrogen) atoms. The van der Waals surface area contributed by atoms with E-state index in [-0.39, 0.29) is 50.5 Å². The number of imide groups is 2. The van der Waals surface area contributed by atoms with Crippen molar-refractivity contribution < 1.29 is 31.7 Å². The molecule has 0 bridgehead atoms. The maximum absolute atomic E-state index is 13.7. The maximum atomic E-state index is 13.7. The van der Waals surface area contributed by atoms with E-state index in [0.717, 1.165) is 15.4 Å². The first-order valence-electron chi connectivity index (χ1n) is 13.1. The average molecular weight is 617 g/mol. The highest BCUT2D eigenvalue weighted by Crippen LogP contribution is 2.40. The van der Waals surface area contributed by atoms with E-state index in [0.29, 0.717) is 0 Å². The molecule has 1 fully saturated rings. The molecule has 0 unspecified atom stereocenters. The summed E-state index contributed by atoms with van der Waals surface area (Å²) in [7, 11) is -4.27. The zero-order valence-corrected chi connectivity index (χ0v) is 24.6. The Morgan fingerprint density at radius 3 is 1.84 bits per heavy atom. The summed E-state index contributed by atoms with van der Waals surface area (Å²) in [6.45, 7) is 3.64. The minimum Gasteiger partial charge on any atom is -0.490 e. The molecule has 11 heteroatoms. The van der Waals surface area contributed by atoms with Crippen LogP contribution in [0.25, 0.3) is 6.08 Å². The Morgan fingerprint density at radius 2 is 1.33 bits per heavy atom. The number of amides is 4.